The predicted octanol–water partition coefficient (Wildman–Crippen LogP) is 7.33. The lowest BCUT2D eigenvalue weighted by Crippen LogP contribution is -2.29. The molecular weight excluding hydrogens is 484 g/mol. The molecule has 7 heteroatoms. The number of hydrogen-bond donors (Lipinski definition) is 0. The van der Waals surface area contributed by atoms with E-state index in [1.54, 1.807) is 16.7 Å². The van der Waals surface area contributed by atoms with E-state index in [1.165, 1.54) is 17.4 Å². The van der Waals surface area contributed by atoms with Gasteiger partial charge in [-0.1, -0.05) is 41.6 Å². The highest BCUT2D eigenvalue weighted by molar-refractivity contribution is 8.20. The molecule has 0 unspecified atom stereocenters. The summed E-state index contributed by atoms with van der Waals surface area (Å²) >= 11 is 3.10. The Balaban J connectivity index is 1.58. The van der Waals surface area contributed by atoms with Gasteiger partial charge in [0, 0.05) is 30.7 Å². The van der Waals surface area contributed by atoms with Crippen molar-refractivity contribution >= 4 is 57.3 Å². The zero-order valence-electron chi connectivity index (χ0n) is 21.3. The zero-order chi connectivity index (χ0) is 25.4. The highest BCUT2D eigenvalue weighted by Gasteiger charge is 2.40. The number of carbonyl (C=O) groups excluding carboxylic acids is 1. The van der Waals surface area contributed by atoms with Gasteiger partial charge in [-0.15, -0.1) is 0 Å². The van der Waals surface area contributed by atoms with Gasteiger partial charge in [-0.3, -0.25) is 9.69 Å². The summed E-state index contributed by atoms with van der Waals surface area (Å²) in [5.41, 5.74) is 6.25. The first-order chi connectivity index (χ1) is 17.4. The molecule has 2 aliphatic rings. The van der Waals surface area contributed by atoms with Crippen LogP contribution >= 0.6 is 23.5 Å². The number of fused-ring (bicyclic) bond motifs is 1. The predicted molar refractivity (Wildman–Crippen MR) is 156 cm³/mol. The average molecular weight is 515 g/mol. The Morgan fingerprint density at radius 3 is 2.31 bits per heavy atom. The van der Waals surface area contributed by atoms with Crippen LogP contribution in [0.2, 0.25) is 0 Å². The minimum atomic E-state index is -0.0397. The van der Waals surface area contributed by atoms with Crippen LogP contribution in [0.15, 0.2) is 86.6 Å². The van der Waals surface area contributed by atoms with Gasteiger partial charge in [0.05, 0.1) is 22.1 Å². The fourth-order valence-corrected chi connectivity index (χ4v) is 6.79. The van der Waals surface area contributed by atoms with E-state index in [1.807, 2.05) is 43.4 Å². The van der Waals surface area contributed by atoms with Crippen molar-refractivity contribution in [3.63, 3.8) is 0 Å². The molecular formula is C29H30N4OS2. The molecule has 0 radical (unpaired) electrons. The summed E-state index contributed by atoms with van der Waals surface area (Å²) in [7, 11) is 2.02. The average Bonchev–Trinajstić information content (AvgIpc) is 3.38. The summed E-state index contributed by atoms with van der Waals surface area (Å²) < 4.78 is 0. The highest BCUT2D eigenvalue weighted by Crippen LogP contribution is 2.50. The Hall–Kier alpha value is -3.16. The molecule has 1 saturated heterocycles. The normalized spacial score (nSPS) is 18.4. The summed E-state index contributed by atoms with van der Waals surface area (Å²) in [5.74, 6) is -0.0397. The van der Waals surface area contributed by atoms with Crippen molar-refractivity contribution in [2.75, 3.05) is 34.8 Å². The number of rotatable bonds is 5. The molecule has 1 fully saturated rings. The molecule has 0 aliphatic carbocycles. The van der Waals surface area contributed by atoms with E-state index in [2.05, 4.69) is 67.8 Å². The molecule has 2 aliphatic heterocycles. The Morgan fingerprint density at radius 1 is 0.917 bits per heavy atom. The van der Waals surface area contributed by atoms with Crippen LogP contribution in [-0.4, -0.2) is 31.2 Å². The molecule has 36 heavy (non-hydrogen) atoms. The molecule has 1 amide bonds. The molecule has 0 saturated carbocycles. The molecule has 3 aromatic rings. The first-order valence-electron chi connectivity index (χ1n) is 12.2. The van der Waals surface area contributed by atoms with Crippen LogP contribution in [0.5, 0.6) is 0 Å². The first-order valence-corrected chi connectivity index (χ1v) is 13.8. The second-order valence-corrected chi connectivity index (χ2v) is 10.9. The van der Waals surface area contributed by atoms with Gasteiger partial charge < -0.3 is 9.80 Å². The first kappa shape index (κ1) is 24.5. The van der Waals surface area contributed by atoms with Crippen molar-refractivity contribution in [3.05, 3.63) is 87.8 Å². The number of nitrogens with zero attached hydrogens (tertiary/aromatic N) is 4. The number of benzene rings is 3. The topological polar surface area (TPSA) is 39.1 Å². The molecule has 0 atom stereocenters. The Kier molecular flexibility index (Phi) is 6.86. The molecule has 3 aromatic carbocycles. The van der Waals surface area contributed by atoms with Crippen molar-refractivity contribution < 1.29 is 4.79 Å². The number of thioether (sulfide) groups is 2. The molecule has 184 valence electrons. The number of aliphatic imine (C=N–C) groups is 1. The summed E-state index contributed by atoms with van der Waals surface area (Å²) in [6.45, 7) is 10.4. The van der Waals surface area contributed by atoms with E-state index in [0.717, 1.165) is 51.2 Å². The van der Waals surface area contributed by atoms with Crippen molar-refractivity contribution in [1.29, 1.82) is 0 Å². The van der Waals surface area contributed by atoms with Crippen molar-refractivity contribution in [2.24, 2.45) is 4.99 Å². The molecule has 5 nitrogen and oxygen atoms in total. The maximum Gasteiger partial charge on any atom is 0.274 e. The van der Waals surface area contributed by atoms with E-state index in [4.69, 9.17) is 4.99 Å². The fourth-order valence-electron chi connectivity index (χ4n) is 4.45. The van der Waals surface area contributed by atoms with Gasteiger partial charge in [-0.05, 0) is 87.5 Å². The van der Waals surface area contributed by atoms with Gasteiger partial charge in [0.1, 0.15) is 4.91 Å². The number of amidine groups is 1. The standard InChI is InChI=1S/C29H30N4OS2/c1-6-32(7-2)22-16-17-23(20(4)18-22)30-29-33(21-14-12-19(3)13-15-21)27(34)26(36-29)28-31(5)24-10-8-9-11-25(24)35-28/h8-18H,6-7H2,1-5H3. The van der Waals surface area contributed by atoms with Crippen LogP contribution in [0.4, 0.5) is 22.7 Å². The molecule has 0 aromatic heterocycles. The Morgan fingerprint density at radius 2 is 1.64 bits per heavy atom. The van der Waals surface area contributed by atoms with Gasteiger partial charge in [-0.25, -0.2) is 4.99 Å². The highest BCUT2D eigenvalue weighted by atomic mass is 32.2. The van der Waals surface area contributed by atoms with Gasteiger partial charge in [0.15, 0.2) is 5.17 Å². The van der Waals surface area contributed by atoms with Crippen molar-refractivity contribution in [2.45, 2.75) is 32.6 Å². The van der Waals surface area contributed by atoms with Gasteiger partial charge in [0.2, 0.25) is 0 Å². The Labute approximate surface area is 221 Å². The third kappa shape index (κ3) is 4.42. The molecule has 0 spiro atoms. The van der Waals surface area contributed by atoms with Crippen LogP contribution in [0.1, 0.15) is 25.0 Å². The number of amides is 1. The smallest absolute Gasteiger partial charge is 0.274 e. The molecule has 0 bridgehead atoms. The van der Waals surface area contributed by atoms with E-state index in [9.17, 15) is 4.79 Å². The van der Waals surface area contributed by atoms with E-state index in [0.29, 0.717) is 10.1 Å². The lowest BCUT2D eigenvalue weighted by atomic mass is 10.1. The number of carbonyl (C=O) groups is 1. The van der Waals surface area contributed by atoms with Crippen LogP contribution in [0, 0.1) is 13.8 Å². The number of para-hydroxylation sites is 1. The summed E-state index contributed by atoms with van der Waals surface area (Å²) in [6.07, 6.45) is 0. The quantitative estimate of drug-likeness (QED) is 0.333. The third-order valence-corrected chi connectivity index (χ3v) is 8.93. The maximum absolute atomic E-state index is 13.9. The minimum absolute atomic E-state index is 0.0397. The largest absolute Gasteiger partial charge is 0.372 e. The van der Waals surface area contributed by atoms with E-state index >= 15 is 0 Å². The summed E-state index contributed by atoms with van der Waals surface area (Å²) in [6, 6.07) is 22.7. The summed E-state index contributed by atoms with van der Waals surface area (Å²) in [5, 5.41) is 1.62. The van der Waals surface area contributed by atoms with Crippen LogP contribution in [0.3, 0.4) is 0 Å². The van der Waals surface area contributed by atoms with Gasteiger partial charge in [-0.2, -0.15) is 0 Å². The zero-order valence-corrected chi connectivity index (χ0v) is 22.9. The minimum Gasteiger partial charge on any atom is -0.372 e. The Bertz CT molecular complexity index is 1380. The molecule has 5 rings (SSSR count). The van der Waals surface area contributed by atoms with Crippen LogP contribution in [0.25, 0.3) is 0 Å². The maximum atomic E-state index is 13.9. The SMILES string of the molecule is CCN(CC)c1ccc(N=C2SC(=C3Sc4ccccc4N3C)C(=O)N2c2ccc(C)cc2)c(C)c1. The second kappa shape index (κ2) is 10.1. The van der Waals surface area contributed by atoms with Gasteiger partial charge in [0.25, 0.3) is 5.91 Å². The van der Waals surface area contributed by atoms with Crippen molar-refractivity contribution in [3.8, 4) is 0 Å². The number of anilines is 3. The van der Waals surface area contributed by atoms with Crippen LogP contribution in [-0.2, 0) is 4.79 Å². The van der Waals surface area contributed by atoms with E-state index in [-0.39, 0.29) is 5.91 Å². The third-order valence-electron chi connectivity index (χ3n) is 6.53. The van der Waals surface area contributed by atoms with Crippen molar-refractivity contribution in [1.82, 2.24) is 0 Å². The lowest BCUT2D eigenvalue weighted by Gasteiger charge is -2.22. The van der Waals surface area contributed by atoms with E-state index < -0.39 is 0 Å². The number of aryl methyl sites for hydroxylation is 2. The number of hydrogen-bond acceptors (Lipinski definition) is 6. The molecule has 0 N–H and O–H groups in total. The van der Waals surface area contributed by atoms with Gasteiger partial charge >= 0.3 is 0 Å². The second-order valence-electron chi connectivity index (χ2n) is 8.88. The fraction of sp³-hybridized carbons (Fsp3) is 0.241. The van der Waals surface area contributed by atoms with Crippen LogP contribution < -0.4 is 14.7 Å². The molecule has 2 heterocycles. The lowest BCUT2D eigenvalue weighted by molar-refractivity contribution is -0.113. The monoisotopic (exact) mass is 514 g/mol. The summed E-state index contributed by atoms with van der Waals surface area (Å²) in [4.78, 5) is 27.0.